The molecule has 0 aliphatic heterocycles. The van der Waals surface area contributed by atoms with Crippen LogP contribution in [0.5, 0.6) is 5.75 Å². The van der Waals surface area contributed by atoms with Crippen LogP contribution in [0, 0.1) is 0 Å². The first-order valence-electron chi connectivity index (χ1n) is 6.19. The lowest BCUT2D eigenvalue weighted by atomic mass is 10.1. The summed E-state index contributed by atoms with van der Waals surface area (Å²) < 4.78 is 6.18. The number of carbonyl (C=O) groups is 2. The standard InChI is InChI=1S/C13H17BrN2O5/c1-3-21-10-6-8(14)4-5-9(10)16-12(19)15-7-13(2,20)11(17)18/h4-6,20H,3,7H2,1-2H3,(H,17,18)(H2,15,16,19). The van der Waals surface area contributed by atoms with Crippen molar-refractivity contribution in [1.29, 1.82) is 0 Å². The van der Waals surface area contributed by atoms with E-state index < -0.39 is 24.1 Å². The van der Waals surface area contributed by atoms with Crippen molar-refractivity contribution >= 4 is 33.6 Å². The molecule has 7 nitrogen and oxygen atoms in total. The van der Waals surface area contributed by atoms with Crippen LogP contribution in [-0.2, 0) is 4.79 Å². The van der Waals surface area contributed by atoms with E-state index in [0.717, 1.165) is 11.4 Å². The third-order valence-corrected chi connectivity index (χ3v) is 3.04. The summed E-state index contributed by atoms with van der Waals surface area (Å²) in [6.45, 7) is 2.92. The van der Waals surface area contributed by atoms with E-state index in [1.54, 1.807) is 18.2 Å². The molecule has 1 unspecified atom stereocenters. The number of rotatable bonds is 6. The van der Waals surface area contributed by atoms with Gasteiger partial charge >= 0.3 is 12.0 Å². The molecule has 1 aromatic rings. The van der Waals surface area contributed by atoms with Gasteiger partial charge in [0.2, 0.25) is 0 Å². The molecule has 1 aromatic carbocycles. The molecule has 0 saturated heterocycles. The third kappa shape index (κ3) is 5.24. The van der Waals surface area contributed by atoms with Crippen molar-refractivity contribution in [2.24, 2.45) is 0 Å². The summed E-state index contributed by atoms with van der Waals surface area (Å²) in [7, 11) is 0. The highest BCUT2D eigenvalue weighted by Crippen LogP contribution is 2.28. The number of aliphatic hydroxyl groups is 1. The molecule has 2 amide bonds. The van der Waals surface area contributed by atoms with Gasteiger partial charge in [0.15, 0.2) is 5.60 Å². The van der Waals surface area contributed by atoms with Gasteiger partial charge in [-0.15, -0.1) is 0 Å². The minimum absolute atomic E-state index is 0.422. The number of hydrogen-bond donors (Lipinski definition) is 4. The van der Waals surface area contributed by atoms with Crippen LogP contribution < -0.4 is 15.4 Å². The Labute approximate surface area is 130 Å². The Morgan fingerprint density at radius 2 is 2.10 bits per heavy atom. The monoisotopic (exact) mass is 360 g/mol. The van der Waals surface area contributed by atoms with Gasteiger partial charge in [0, 0.05) is 4.47 Å². The number of benzene rings is 1. The predicted molar refractivity (Wildman–Crippen MR) is 80.6 cm³/mol. The predicted octanol–water partition coefficient (Wildman–Crippen LogP) is 1.80. The molecule has 1 rings (SSSR count). The topological polar surface area (TPSA) is 108 Å². The molecule has 0 aliphatic rings. The van der Waals surface area contributed by atoms with Gasteiger partial charge in [-0.2, -0.15) is 0 Å². The van der Waals surface area contributed by atoms with Gasteiger partial charge in [-0.3, -0.25) is 0 Å². The first kappa shape index (κ1) is 17.3. The molecule has 4 N–H and O–H groups in total. The Kier molecular flexibility index (Phi) is 5.98. The number of nitrogens with one attached hydrogen (secondary N) is 2. The maximum Gasteiger partial charge on any atom is 0.337 e. The number of carboxylic acids is 1. The lowest BCUT2D eigenvalue weighted by Crippen LogP contribution is -2.47. The highest BCUT2D eigenvalue weighted by atomic mass is 79.9. The van der Waals surface area contributed by atoms with Crippen LogP contribution in [0.1, 0.15) is 13.8 Å². The second-order valence-electron chi connectivity index (χ2n) is 4.46. The van der Waals surface area contributed by atoms with Crippen molar-refractivity contribution < 1.29 is 24.5 Å². The van der Waals surface area contributed by atoms with Crippen molar-refractivity contribution in [3.05, 3.63) is 22.7 Å². The molecule has 0 spiro atoms. The van der Waals surface area contributed by atoms with E-state index >= 15 is 0 Å². The van der Waals surface area contributed by atoms with Crippen molar-refractivity contribution in [2.75, 3.05) is 18.5 Å². The fraction of sp³-hybridized carbons (Fsp3) is 0.385. The van der Waals surface area contributed by atoms with Crippen LogP contribution >= 0.6 is 15.9 Å². The zero-order valence-corrected chi connectivity index (χ0v) is 13.2. The molecule has 116 valence electrons. The van der Waals surface area contributed by atoms with Gasteiger partial charge in [-0.25, -0.2) is 9.59 Å². The summed E-state index contributed by atoms with van der Waals surface area (Å²) in [6.07, 6.45) is 0. The number of anilines is 1. The maximum absolute atomic E-state index is 11.7. The number of carboxylic acid groups (broad SMARTS) is 1. The number of carbonyl (C=O) groups excluding carboxylic acids is 1. The smallest absolute Gasteiger partial charge is 0.337 e. The molecule has 0 radical (unpaired) electrons. The lowest BCUT2D eigenvalue weighted by molar-refractivity contribution is -0.155. The van der Waals surface area contributed by atoms with Crippen LogP contribution in [0.2, 0.25) is 0 Å². The average Bonchev–Trinajstić information content (AvgIpc) is 2.40. The fourth-order valence-corrected chi connectivity index (χ4v) is 1.71. The fourth-order valence-electron chi connectivity index (χ4n) is 1.37. The Morgan fingerprint density at radius 3 is 2.67 bits per heavy atom. The number of urea groups is 1. The molecule has 0 bridgehead atoms. The van der Waals surface area contributed by atoms with Gasteiger partial charge in [0.05, 0.1) is 18.8 Å². The van der Waals surface area contributed by atoms with Crippen LogP contribution in [0.4, 0.5) is 10.5 Å². The molecule has 0 heterocycles. The van der Waals surface area contributed by atoms with Crippen LogP contribution in [-0.4, -0.2) is 41.0 Å². The molecule has 8 heteroatoms. The van der Waals surface area contributed by atoms with E-state index in [1.165, 1.54) is 0 Å². The Bertz CT molecular complexity index is 533. The van der Waals surface area contributed by atoms with Crippen molar-refractivity contribution in [2.45, 2.75) is 19.4 Å². The highest BCUT2D eigenvalue weighted by molar-refractivity contribution is 9.10. The number of ether oxygens (including phenoxy) is 1. The zero-order chi connectivity index (χ0) is 16.0. The van der Waals surface area contributed by atoms with Gasteiger partial charge in [0.1, 0.15) is 5.75 Å². The Morgan fingerprint density at radius 1 is 1.43 bits per heavy atom. The Hall–Kier alpha value is -1.80. The molecule has 0 aliphatic carbocycles. The van der Waals surface area contributed by atoms with Crippen molar-refractivity contribution in [3.8, 4) is 5.75 Å². The Balaban J connectivity index is 2.69. The quantitative estimate of drug-likeness (QED) is 0.618. The molecule has 0 aromatic heterocycles. The minimum Gasteiger partial charge on any atom is -0.492 e. The van der Waals surface area contributed by atoms with Crippen molar-refractivity contribution in [3.63, 3.8) is 0 Å². The molecule has 0 saturated carbocycles. The average molecular weight is 361 g/mol. The van der Waals surface area contributed by atoms with Gasteiger partial charge in [-0.1, -0.05) is 15.9 Å². The van der Waals surface area contributed by atoms with E-state index in [0.29, 0.717) is 18.0 Å². The summed E-state index contributed by atoms with van der Waals surface area (Å²) in [4.78, 5) is 22.5. The zero-order valence-electron chi connectivity index (χ0n) is 11.6. The first-order chi connectivity index (χ1) is 9.76. The van der Waals surface area contributed by atoms with E-state index in [-0.39, 0.29) is 0 Å². The second-order valence-corrected chi connectivity index (χ2v) is 5.38. The molecular weight excluding hydrogens is 344 g/mol. The maximum atomic E-state index is 11.7. The lowest BCUT2D eigenvalue weighted by Gasteiger charge is -2.19. The summed E-state index contributed by atoms with van der Waals surface area (Å²) in [6, 6.07) is 4.43. The number of hydrogen-bond acceptors (Lipinski definition) is 4. The van der Waals surface area contributed by atoms with Gasteiger partial charge in [0.25, 0.3) is 0 Å². The van der Waals surface area contributed by atoms with E-state index in [2.05, 4.69) is 26.6 Å². The summed E-state index contributed by atoms with van der Waals surface area (Å²) in [5.41, 5.74) is -1.59. The van der Waals surface area contributed by atoms with Gasteiger partial charge < -0.3 is 25.6 Å². The third-order valence-electron chi connectivity index (χ3n) is 2.55. The first-order valence-corrected chi connectivity index (χ1v) is 6.98. The molecule has 1 atom stereocenters. The van der Waals surface area contributed by atoms with E-state index in [9.17, 15) is 14.7 Å². The van der Waals surface area contributed by atoms with E-state index in [4.69, 9.17) is 9.84 Å². The molecule has 0 fully saturated rings. The summed E-state index contributed by atoms with van der Waals surface area (Å²) in [5.74, 6) is -0.937. The number of aliphatic carboxylic acids is 1. The van der Waals surface area contributed by atoms with E-state index in [1.807, 2.05) is 6.92 Å². The SMILES string of the molecule is CCOc1cc(Br)ccc1NC(=O)NCC(C)(O)C(=O)O. The second kappa shape index (κ2) is 7.28. The minimum atomic E-state index is -2.03. The largest absolute Gasteiger partial charge is 0.492 e. The molecule has 21 heavy (non-hydrogen) atoms. The van der Waals surface area contributed by atoms with Crippen LogP contribution in [0.15, 0.2) is 22.7 Å². The van der Waals surface area contributed by atoms with Crippen LogP contribution in [0.3, 0.4) is 0 Å². The molecular formula is C13H17BrN2O5. The van der Waals surface area contributed by atoms with Crippen LogP contribution in [0.25, 0.3) is 0 Å². The highest BCUT2D eigenvalue weighted by Gasteiger charge is 2.30. The van der Waals surface area contributed by atoms with Gasteiger partial charge in [-0.05, 0) is 32.0 Å². The normalized spacial score (nSPS) is 13.1. The summed E-state index contributed by atoms with van der Waals surface area (Å²) >= 11 is 3.30. The number of amides is 2. The summed E-state index contributed by atoms with van der Waals surface area (Å²) in [5, 5.41) is 23.1. The van der Waals surface area contributed by atoms with Crippen molar-refractivity contribution in [1.82, 2.24) is 5.32 Å². The number of halogens is 1.